The van der Waals surface area contributed by atoms with Crippen molar-refractivity contribution in [2.75, 3.05) is 0 Å². The Morgan fingerprint density at radius 2 is 1.62 bits per heavy atom. The summed E-state index contributed by atoms with van der Waals surface area (Å²) in [5.41, 5.74) is 1.83. The van der Waals surface area contributed by atoms with Gasteiger partial charge in [-0.1, -0.05) is 57.1 Å². The molecular weight excluding hydrogens is 192 g/mol. The molecule has 16 heavy (non-hydrogen) atoms. The molecule has 0 aromatic rings. The molecule has 0 heterocycles. The molecule has 2 unspecified atom stereocenters. The Labute approximate surface area is 102 Å². The monoisotopic (exact) mass is 220 g/mol. The Morgan fingerprint density at radius 3 is 2.44 bits per heavy atom. The lowest BCUT2D eigenvalue weighted by Gasteiger charge is -2.13. The summed E-state index contributed by atoms with van der Waals surface area (Å²) in [5.74, 6) is 1.93. The smallest absolute Gasteiger partial charge is 0.0200 e. The molecule has 0 bridgehead atoms. The normalized spacial score (nSPS) is 33.4. The highest BCUT2D eigenvalue weighted by atomic mass is 14.3. The van der Waals surface area contributed by atoms with Gasteiger partial charge < -0.3 is 0 Å². The lowest BCUT2D eigenvalue weighted by Crippen LogP contribution is -1.98. The molecule has 92 valence electrons. The van der Waals surface area contributed by atoms with Crippen LogP contribution in [0.15, 0.2) is 11.6 Å². The van der Waals surface area contributed by atoms with E-state index in [1.807, 2.05) is 5.57 Å². The van der Waals surface area contributed by atoms with Gasteiger partial charge in [-0.25, -0.2) is 0 Å². The van der Waals surface area contributed by atoms with Crippen molar-refractivity contribution >= 4 is 0 Å². The standard InChI is InChI=1S/C16H28/c1-14-12-15-10-8-6-4-2-3-5-7-9-11-16(15)13-14/h10,14,16H,2-9,11-13H2,1H3. The fraction of sp³-hybridized carbons (Fsp3) is 0.875. The number of fused-ring (bicyclic) bond motifs is 1. The van der Waals surface area contributed by atoms with Crippen molar-refractivity contribution in [3.63, 3.8) is 0 Å². The quantitative estimate of drug-likeness (QED) is 0.474. The first-order valence-electron chi connectivity index (χ1n) is 7.55. The van der Waals surface area contributed by atoms with E-state index >= 15 is 0 Å². The van der Waals surface area contributed by atoms with E-state index in [4.69, 9.17) is 0 Å². The van der Waals surface area contributed by atoms with Crippen molar-refractivity contribution in [2.45, 2.75) is 77.6 Å². The van der Waals surface area contributed by atoms with E-state index in [-0.39, 0.29) is 0 Å². The predicted octanol–water partition coefficient (Wildman–Crippen LogP) is 5.48. The largest absolute Gasteiger partial charge is 0.0850 e. The fourth-order valence-electron chi connectivity index (χ4n) is 3.55. The Kier molecular flexibility index (Phi) is 4.93. The van der Waals surface area contributed by atoms with Crippen LogP contribution >= 0.6 is 0 Å². The highest BCUT2D eigenvalue weighted by Gasteiger charge is 2.25. The zero-order valence-electron chi connectivity index (χ0n) is 11.0. The number of hydrogen-bond acceptors (Lipinski definition) is 0. The third kappa shape index (κ3) is 3.64. The Morgan fingerprint density at radius 1 is 0.938 bits per heavy atom. The SMILES string of the molecule is CC1CC2=CCCCCCCCCCC2C1. The molecule has 2 atom stereocenters. The molecule has 1 saturated carbocycles. The fourth-order valence-corrected chi connectivity index (χ4v) is 3.55. The second-order valence-corrected chi connectivity index (χ2v) is 6.07. The van der Waals surface area contributed by atoms with E-state index in [1.54, 1.807) is 0 Å². The molecule has 2 aliphatic carbocycles. The van der Waals surface area contributed by atoms with Crippen LogP contribution in [0.2, 0.25) is 0 Å². The maximum atomic E-state index is 2.61. The van der Waals surface area contributed by atoms with E-state index in [0.29, 0.717) is 0 Å². The van der Waals surface area contributed by atoms with Crippen LogP contribution in [0.5, 0.6) is 0 Å². The van der Waals surface area contributed by atoms with E-state index in [0.717, 1.165) is 11.8 Å². The average Bonchev–Trinajstić information content (AvgIpc) is 2.59. The van der Waals surface area contributed by atoms with Crippen molar-refractivity contribution in [2.24, 2.45) is 11.8 Å². The van der Waals surface area contributed by atoms with Crippen molar-refractivity contribution in [3.05, 3.63) is 11.6 Å². The summed E-state index contributed by atoms with van der Waals surface area (Å²) >= 11 is 0. The molecule has 0 aromatic heterocycles. The number of hydrogen-bond donors (Lipinski definition) is 0. The van der Waals surface area contributed by atoms with Crippen LogP contribution in [0.1, 0.15) is 77.6 Å². The minimum atomic E-state index is 0.960. The first-order chi connectivity index (χ1) is 7.86. The number of rotatable bonds is 0. The second-order valence-electron chi connectivity index (χ2n) is 6.07. The first kappa shape index (κ1) is 12.2. The highest BCUT2D eigenvalue weighted by molar-refractivity contribution is 5.12. The summed E-state index contributed by atoms with van der Waals surface area (Å²) in [6.07, 6.45) is 18.6. The Balaban J connectivity index is 1.91. The Hall–Kier alpha value is -0.260. The van der Waals surface area contributed by atoms with Gasteiger partial charge in [-0.2, -0.15) is 0 Å². The molecule has 0 heteroatoms. The third-order valence-corrected chi connectivity index (χ3v) is 4.46. The zero-order chi connectivity index (χ0) is 11.2. The van der Waals surface area contributed by atoms with Crippen LogP contribution < -0.4 is 0 Å². The molecule has 0 amide bonds. The van der Waals surface area contributed by atoms with Crippen LogP contribution in [0, 0.1) is 11.8 Å². The van der Waals surface area contributed by atoms with Crippen LogP contribution in [0.4, 0.5) is 0 Å². The van der Waals surface area contributed by atoms with Crippen LogP contribution in [0.3, 0.4) is 0 Å². The molecule has 2 aliphatic rings. The van der Waals surface area contributed by atoms with E-state index in [1.165, 1.54) is 70.6 Å². The van der Waals surface area contributed by atoms with Gasteiger partial charge in [-0.3, -0.25) is 0 Å². The maximum Gasteiger partial charge on any atom is -0.0200 e. The van der Waals surface area contributed by atoms with E-state index < -0.39 is 0 Å². The van der Waals surface area contributed by atoms with Crippen LogP contribution in [-0.4, -0.2) is 0 Å². The average molecular weight is 220 g/mol. The van der Waals surface area contributed by atoms with Crippen molar-refractivity contribution in [1.29, 1.82) is 0 Å². The van der Waals surface area contributed by atoms with Gasteiger partial charge in [0.1, 0.15) is 0 Å². The molecule has 2 rings (SSSR count). The summed E-state index contributed by atoms with van der Waals surface area (Å²) in [6, 6.07) is 0. The lowest BCUT2D eigenvalue weighted by atomic mass is 9.93. The highest BCUT2D eigenvalue weighted by Crippen LogP contribution is 2.39. The van der Waals surface area contributed by atoms with Gasteiger partial charge in [-0.15, -0.1) is 0 Å². The molecule has 1 fully saturated rings. The first-order valence-corrected chi connectivity index (χ1v) is 7.55. The molecule has 0 aliphatic heterocycles. The molecular formula is C16H28. The lowest BCUT2D eigenvalue weighted by molar-refractivity contribution is 0.471. The van der Waals surface area contributed by atoms with Crippen LogP contribution in [0.25, 0.3) is 0 Å². The minimum absolute atomic E-state index is 0.960. The van der Waals surface area contributed by atoms with Gasteiger partial charge in [0.2, 0.25) is 0 Å². The minimum Gasteiger partial charge on any atom is -0.0850 e. The van der Waals surface area contributed by atoms with E-state index in [2.05, 4.69) is 13.0 Å². The van der Waals surface area contributed by atoms with Gasteiger partial charge in [0.25, 0.3) is 0 Å². The molecule has 0 radical (unpaired) electrons. The topological polar surface area (TPSA) is 0 Å². The third-order valence-electron chi connectivity index (χ3n) is 4.46. The van der Waals surface area contributed by atoms with Crippen molar-refractivity contribution in [1.82, 2.24) is 0 Å². The summed E-state index contributed by atoms with van der Waals surface area (Å²) in [6.45, 7) is 2.44. The summed E-state index contributed by atoms with van der Waals surface area (Å²) < 4.78 is 0. The summed E-state index contributed by atoms with van der Waals surface area (Å²) in [4.78, 5) is 0. The molecule has 0 N–H and O–H groups in total. The van der Waals surface area contributed by atoms with Crippen molar-refractivity contribution < 1.29 is 0 Å². The van der Waals surface area contributed by atoms with Gasteiger partial charge in [0.05, 0.1) is 0 Å². The van der Waals surface area contributed by atoms with Gasteiger partial charge in [0.15, 0.2) is 0 Å². The zero-order valence-corrected chi connectivity index (χ0v) is 11.0. The van der Waals surface area contributed by atoms with Gasteiger partial charge >= 0.3 is 0 Å². The summed E-state index contributed by atoms with van der Waals surface area (Å²) in [7, 11) is 0. The Bertz CT molecular complexity index is 226. The van der Waals surface area contributed by atoms with Crippen LogP contribution in [-0.2, 0) is 0 Å². The van der Waals surface area contributed by atoms with E-state index in [9.17, 15) is 0 Å². The van der Waals surface area contributed by atoms with Crippen molar-refractivity contribution in [3.8, 4) is 0 Å². The second kappa shape index (κ2) is 6.47. The molecule has 0 saturated heterocycles. The number of allylic oxidation sites excluding steroid dienone is 2. The molecule has 0 spiro atoms. The molecule has 0 aromatic carbocycles. The summed E-state index contributed by atoms with van der Waals surface area (Å²) in [5, 5.41) is 0. The van der Waals surface area contributed by atoms with Gasteiger partial charge in [-0.05, 0) is 43.9 Å². The molecule has 0 nitrogen and oxygen atoms in total. The maximum absolute atomic E-state index is 2.61. The van der Waals surface area contributed by atoms with Gasteiger partial charge in [0, 0.05) is 0 Å². The predicted molar refractivity (Wildman–Crippen MR) is 71.5 cm³/mol.